The van der Waals surface area contributed by atoms with Crippen molar-refractivity contribution in [3.8, 4) is 11.8 Å². The molecule has 1 amide bonds. The van der Waals surface area contributed by atoms with Crippen LogP contribution in [-0.4, -0.2) is 46.3 Å². The van der Waals surface area contributed by atoms with Crippen molar-refractivity contribution in [2.75, 3.05) is 13.6 Å². The van der Waals surface area contributed by atoms with Crippen LogP contribution in [0.25, 0.3) is 5.69 Å². The van der Waals surface area contributed by atoms with Gasteiger partial charge in [0, 0.05) is 30.4 Å². The first kappa shape index (κ1) is 21.1. The summed E-state index contributed by atoms with van der Waals surface area (Å²) in [7, 11) is 1.50. The van der Waals surface area contributed by atoms with Gasteiger partial charge >= 0.3 is 5.97 Å². The highest BCUT2D eigenvalue weighted by molar-refractivity contribution is 6.30. The number of carbonyl (C=O) groups is 2. The smallest absolute Gasteiger partial charge is 0.363 e. The van der Waals surface area contributed by atoms with E-state index in [0.29, 0.717) is 16.4 Å². The molecule has 0 radical (unpaired) electrons. The first-order chi connectivity index (χ1) is 13.2. The fourth-order valence-corrected chi connectivity index (χ4v) is 2.56. The Labute approximate surface area is 166 Å². The highest BCUT2D eigenvalue weighted by Gasteiger charge is 2.25. The Morgan fingerprint density at radius 3 is 2.61 bits per heavy atom. The minimum Gasteiger partial charge on any atom is -0.448 e. The summed E-state index contributed by atoms with van der Waals surface area (Å²) in [4.78, 5) is 38.1. The van der Waals surface area contributed by atoms with E-state index in [9.17, 15) is 14.4 Å². The number of carbonyl (C=O) groups excluding carboxylic acids is 2. The van der Waals surface area contributed by atoms with E-state index in [1.807, 2.05) is 6.07 Å². The molecule has 8 nitrogen and oxygen atoms in total. The van der Waals surface area contributed by atoms with E-state index < -0.39 is 29.1 Å². The maximum atomic E-state index is 12.4. The molecule has 9 heteroatoms. The van der Waals surface area contributed by atoms with E-state index >= 15 is 0 Å². The minimum absolute atomic E-state index is 0.161. The number of aryl methyl sites for hydroxylation is 1. The molecule has 1 aromatic heterocycles. The fraction of sp³-hybridized carbons (Fsp3) is 0.316. The zero-order valence-electron chi connectivity index (χ0n) is 15.7. The summed E-state index contributed by atoms with van der Waals surface area (Å²) in [6, 6.07) is 9.90. The van der Waals surface area contributed by atoms with E-state index in [-0.39, 0.29) is 13.0 Å². The molecule has 2 aromatic rings. The molecule has 0 aliphatic carbocycles. The first-order valence-corrected chi connectivity index (χ1v) is 8.82. The van der Waals surface area contributed by atoms with Crippen LogP contribution >= 0.6 is 11.6 Å². The molecule has 146 valence electrons. The van der Waals surface area contributed by atoms with Gasteiger partial charge in [0.15, 0.2) is 6.10 Å². The van der Waals surface area contributed by atoms with Crippen molar-refractivity contribution in [2.45, 2.75) is 26.4 Å². The summed E-state index contributed by atoms with van der Waals surface area (Å²) in [5.74, 6) is -1.48. The monoisotopic (exact) mass is 402 g/mol. The van der Waals surface area contributed by atoms with Crippen molar-refractivity contribution in [3.05, 3.63) is 57.0 Å². The molecular formula is C19H19ClN4O4. The van der Waals surface area contributed by atoms with Crippen LogP contribution in [0.15, 0.2) is 35.1 Å². The van der Waals surface area contributed by atoms with Crippen molar-refractivity contribution in [3.63, 3.8) is 0 Å². The first-order valence-electron chi connectivity index (χ1n) is 8.44. The highest BCUT2D eigenvalue weighted by Crippen LogP contribution is 2.14. The summed E-state index contributed by atoms with van der Waals surface area (Å²) in [6.45, 7) is 3.28. The van der Waals surface area contributed by atoms with E-state index in [2.05, 4.69) is 5.10 Å². The van der Waals surface area contributed by atoms with Gasteiger partial charge in [0.05, 0.1) is 18.2 Å². The zero-order chi connectivity index (χ0) is 20.8. The Hall–Kier alpha value is -3.18. The minimum atomic E-state index is -1.12. The SMILES string of the molecule is Cc1cc(=O)c(C(=O)O[C@H](C)C(=O)N(C)CCC#N)nn1-c1ccc(Cl)cc1. The number of hydrogen-bond donors (Lipinski definition) is 0. The van der Waals surface area contributed by atoms with Crippen molar-refractivity contribution >= 4 is 23.5 Å². The second-order valence-electron chi connectivity index (χ2n) is 6.10. The molecule has 0 bridgehead atoms. The van der Waals surface area contributed by atoms with Crippen LogP contribution in [0.1, 0.15) is 29.5 Å². The molecule has 1 aromatic carbocycles. The van der Waals surface area contributed by atoms with Crippen LogP contribution in [0.5, 0.6) is 0 Å². The summed E-state index contributed by atoms with van der Waals surface area (Å²) in [5.41, 5.74) is 0.0885. The Morgan fingerprint density at radius 1 is 1.36 bits per heavy atom. The maximum Gasteiger partial charge on any atom is 0.363 e. The van der Waals surface area contributed by atoms with Crippen molar-refractivity contribution in [1.82, 2.24) is 14.7 Å². The molecule has 28 heavy (non-hydrogen) atoms. The van der Waals surface area contributed by atoms with E-state index in [1.165, 1.54) is 29.6 Å². The summed E-state index contributed by atoms with van der Waals surface area (Å²) >= 11 is 5.88. The molecule has 1 atom stereocenters. The van der Waals surface area contributed by atoms with Crippen molar-refractivity contribution in [1.29, 1.82) is 5.26 Å². The van der Waals surface area contributed by atoms with Crippen LogP contribution in [0.2, 0.25) is 5.02 Å². The second-order valence-corrected chi connectivity index (χ2v) is 6.54. The number of benzene rings is 1. The summed E-state index contributed by atoms with van der Waals surface area (Å²) in [6.07, 6.45) is -0.962. The van der Waals surface area contributed by atoms with Crippen LogP contribution in [0.4, 0.5) is 0 Å². The van der Waals surface area contributed by atoms with Gasteiger partial charge in [0.25, 0.3) is 5.91 Å². The van der Waals surface area contributed by atoms with Crippen molar-refractivity contribution < 1.29 is 14.3 Å². The van der Waals surface area contributed by atoms with E-state index in [0.717, 1.165) is 0 Å². The number of amides is 1. The lowest BCUT2D eigenvalue weighted by atomic mass is 10.2. The van der Waals surface area contributed by atoms with E-state index in [4.69, 9.17) is 21.6 Å². The summed E-state index contributed by atoms with van der Waals surface area (Å²) < 4.78 is 6.54. The van der Waals surface area contributed by atoms with Crippen LogP contribution in [0, 0.1) is 18.3 Å². The second kappa shape index (κ2) is 9.15. The average molecular weight is 403 g/mol. The van der Waals surface area contributed by atoms with Gasteiger partial charge in [-0.1, -0.05) is 11.6 Å². The fourth-order valence-electron chi connectivity index (χ4n) is 2.44. The quantitative estimate of drug-likeness (QED) is 0.685. The number of halogens is 1. The summed E-state index contributed by atoms with van der Waals surface area (Å²) in [5, 5.41) is 13.2. The molecule has 0 fully saturated rings. The van der Waals surface area contributed by atoms with Gasteiger partial charge in [-0.3, -0.25) is 9.59 Å². The lowest BCUT2D eigenvalue weighted by Crippen LogP contribution is -2.38. The van der Waals surface area contributed by atoms with Crippen LogP contribution in [-0.2, 0) is 9.53 Å². The molecule has 0 aliphatic rings. The van der Waals surface area contributed by atoms with E-state index in [1.54, 1.807) is 31.2 Å². The van der Waals surface area contributed by atoms with Gasteiger partial charge in [-0.2, -0.15) is 10.4 Å². The maximum absolute atomic E-state index is 12.4. The van der Waals surface area contributed by atoms with Gasteiger partial charge in [-0.25, -0.2) is 9.48 Å². The molecular weight excluding hydrogens is 384 g/mol. The molecule has 0 N–H and O–H groups in total. The van der Waals surface area contributed by atoms with Gasteiger partial charge in [0.1, 0.15) is 0 Å². The normalized spacial score (nSPS) is 11.4. The molecule has 2 rings (SSSR count). The van der Waals surface area contributed by atoms with Crippen LogP contribution in [0.3, 0.4) is 0 Å². The highest BCUT2D eigenvalue weighted by atomic mass is 35.5. The van der Waals surface area contributed by atoms with Crippen molar-refractivity contribution in [2.24, 2.45) is 0 Å². The number of aromatic nitrogens is 2. The number of esters is 1. The van der Waals surface area contributed by atoms with Gasteiger partial charge in [0.2, 0.25) is 11.1 Å². The standard InChI is InChI=1S/C19H19ClN4O4/c1-12-11-16(25)17(22-24(12)15-7-5-14(20)6-8-15)19(27)28-13(2)18(26)23(3)10-4-9-21/h5-8,11,13H,4,10H2,1-3H3/t13-/m1/s1. The van der Waals surface area contributed by atoms with Gasteiger partial charge in [-0.05, 0) is 38.1 Å². The number of hydrogen-bond acceptors (Lipinski definition) is 6. The predicted molar refractivity (Wildman–Crippen MR) is 102 cm³/mol. The number of nitriles is 1. The van der Waals surface area contributed by atoms with Gasteiger partial charge in [-0.15, -0.1) is 0 Å². The largest absolute Gasteiger partial charge is 0.448 e. The molecule has 0 saturated heterocycles. The Balaban J connectivity index is 2.24. The number of rotatable bonds is 6. The third-order valence-electron chi connectivity index (χ3n) is 3.94. The molecule has 1 heterocycles. The van der Waals surface area contributed by atoms with Crippen LogP contribution < -0.4 is 5.43 Å². The lowest BCUT2D eigenvalue weighted by molar-refractivity contribution is -0.138. The van der Waals surface area contributed by atoms with Gasteiger partial charge < -0.3 is 9.64 Å². The Bertz CT molecular complexity index is 979. The lowest BCUT2D eigenvalue weighted by Gasteiger charge is -2.20. The Kier molecular flexibility index (Phi) is 6.90. The topological polar surface area (TPSA) is 105 Å². The molecule has 0 spiro atoms. The molecule has 0 saturated carbocycles. The number of ether oxygens (including phenoxy) is 1. The molecule has 0 unspecified atom stereocenters. The number of likely N-dealkylation sites (N-methyl/N-ethyl adjacent to an activating group) is 1. The third kappa shape index (κ3) is 4.96. The zero-order valence-corrected chi connectivity index (χ0v) is 16.4. The molecule has 0 aliphatic heterocycles. The number of nitrogens with zero attached hydrogens (tertiary/aromatic N) is 4. The average Bonchev–Trinajstić information content (AvgIpc) is 2.66. The Morgan fingerprint density at radius 2 is 2.00 bits per heavy atom. The predicted octanol–water partition coefficient (Wildman–Crippen LogP) is 2.11. The third-order valence-corrected chi connectivity index (χ3v) is 4.19.